The van der Waals surface area contributed by atoms with E-state index in [1.165, 1.54) is 0 Å². The van der Waals surface area contributed by atoms with E-state index in [4.69, 9.17) is 0 Å². The first-order valence-corrected chi connectivity index (χ1v) is 6.32. The van der Waals surface area contributed by atoms with Crippen LogP contribution in [0.5, 0.6) is 0 Å². The van der Waals surface area contributed by atoms with Gasteiger partial charge in [0.25, 0.3) is 0 Å². The normalized spacial score (nSPS) is 15.5. The predicted molar refractivity (Wildman–Crippen MR) is 68.3 cm³/mol. The van der Waals surface area contributed by atoms with E-state index in [-0.39, 0.29) is 5.78 Å². The van der Waals surface area contributed by atoms with Gasteiger partial charge in [0.1, 0.15) is 0 Å². The van der Waals surface area contributed by atoms with Crippen molar-refractivity contribution in [1.29, 1.82) is 0 Å². The summed E-state index contributed by atoms with van der Waals surface area (Å²) in [6, 6.07) is 9.47. The molecule has 0 saturated heterocycles. The van der Waals surface area contributed by atoms with Crippen molar-refractivity contribution in [1.82, 2.24) is 4.90 Å². The molecule has 1 aromatic carbocycles. The number of hydrogen-bond acceptors (Lipinski definition) is 3. The summed E-state index contributed by atoms with van der Waals surface area (Å²) in [6.45, 7) is 3.94. The van der Waals surface area contributed by atoms with Crippen LogP contribution in [-0.2, 0) is 0 Å². The number of hydrogen-bond donors (Lipinski definition) is 0. The summed E-state index contributed by atoms with van der Waals surface area (Å²) in [5.74, 6) is 1.02. The summed E-state index contributed by atoms with van der Waals surface area (Å²) in [4.78, 5) is 14.4. The van der Waals surface area contributed by atoms with Gasteiger partial charge in [0.05, 0.1) is 11.4 Å². The molecule has 3 heteroatoms. The zero-order valence-electron chi connectivity index (χ0n) is 9.51. The summed E-state index contributed by atoms with van der Waals surface area (Å²) in [5, 5.41) is 2.03. The first kappa shape index (κ1) is 11.3. The Bertz CT molecular complexity index is 411. The molecule has 0 spiro atoms. The molecule has 16 heavy (non-hydrogen) atoms. The van der Waals surface area contributed by atoms with Crippen molar-refractivity contribution < 1.29 is 4.79 Å². The molecule has 0 unspecified atom stereocenters. The molecule has 0 fully saturated rings. The molecule has 0 amide bonds. The molecular weight excluding hydrogens is 218 g/mol. The van der Waals surface area contributed by atoms with Crippen LogP contribution in [0.2, 0.25) is 0 Å². The van der Waals surface area contributed by atoms with Crippen LogP contribution >= 0.6 is 11.8 Å². The van der Waals surface area contributed by atoms with E-state index in [1.54, 1.807) is 11.8 Å². The van der Waals surface area contributed by atoms with Crippen molar-refractivity contribution in [2.75, 3.05) is 5.88 Å². The zero-order valence-corrected chi connectivity index (χ0v) is 10.3. The molecule has 2 nitrogen and oxygen atoms in total. The van der Waals surface area contributed by atoms with Crippen LogP contribution in [0, 0.1) is 0 Å². The molecule has 0 atom stereocenters. The van der Waals surface area contributed by atoms with E-state index in [2.05, 4.69) is 4.90 Å². The van der Waals surface area contributed by atoms with Gasteiger partial charge in [-0.1, -0.05) is 30.3 Å². The van der Waals surface area contributed by atoms with Gasteiger partial charge in [-0.05, 0) is 19.3 Å². The van der Waals surface area contributed by atoms with Crippen LogP contribution in [0.25, 0.3) is 0 Å². The number of nitrogens with zero attached hydrogens (tertiary/aromatic N) is 1. The maximum absolute atomic E-state index is 12.4. The van der Waals surface area contributed by atoms with Crippen molar-refractivity contribution in [2.45, 2.75) is 19.4 Å². The molecular formula is C13H15NOS. The Hall–Kier alpha value is -1.22. The topological polar surface area (TPSA) is 20.3 Å². The van der Waals surface area contributed by atoms with E-state index in [0.717, 1.165) is 11.4 Å². The first-order chi connectivity index (χ1) is 7.62. The Balaban J connectivity index is 2.24. The number of thioether (sulfide) groups is 1. The van der Waals surface area contributed by atoms with Crippen LogP contribution in [0.3, 0.4) is 0 Å². The van der Waals surface area contributed by atoms with Crippen LogP contribution in [0.1, 0.15) is 24.2 Å². The fourth-order valence-corrected chi connectivity index (χ4v) is 2.59. The van der Waals surface area contributed by atoms with Gasteiger partial charge in [-0.15, -0.1) is 11.8 Å². The lowest BCUT2D eigenvalue weighted by Crippen LogP contribution is -2.46. The van der Waals surface area contributed by atoms with Crippen molar-refractivity contribution in [2.24, 2.45) is 0 Å². The van der Waals surface area contributed by atoms with Crippen molar-refractivity contribution in [3.8, 4) is 0 Å². The number of carbonyl (C=O) groups excluding carboxylic acids is 1. The summed E-state index contributed by atoms with van der Waals surface area (Å²) >= 11 is 1.71. The number of rotatable bonds is 3. The van der Waals surface area contributed by atoms with Gasteiger partial charge in [-0.25, -0.2) is 0 Å². The smallest absolute Gasteiger partial charge is 0.187 e. The van der Waals surface area contributed by atoms with Crippen molar-refractivity contribution in [3.63, 3.8) is 0 Å². The minimum Gasteiger partial charge on any atom is -0.355 e. The monoisotopic (exact) mass is 233 g/mol. The van der Waals surface area contributed by atoms with Gasteiger partial charge in [-0.3, -0.25) is 4.79 Å². The lowest BCUT2D eigenvalue weighted by molar-refractivity contribution is 0.0779. The van der Waals surface area contributed by atoms with Gasteiger partial charge >= 0.3 is 0 Å². The highest BCUT2D eigenvalue weighted by Crippen LogP contribution is 2.27. The first-order valence-electron chi connectivity index (χ1n) is 5.27. The highest BCUT2D eigenvalue weighted by atomic mass is 32.2. The largest absolute Gasteiger partial charge is 0.355 e. The molecule has 2 rings (SSSR count). The van der Waals surface area contributed by atoms with Crippen LogP contribution in [0.4, 0.5) is 0 Å². The van der Waals surface area contributed by atoms with Crippen LogP contribution in [-0.4, -0.2) is 22.1 Å². The fourth-order valence-electron chi connectivity index (χ4n) is 1.70. The molecule has 1 aromatic rings. The van der Waals surface area contributed by atoms with Gasteiger partial charge in [0.2, 0.25) is 0 Å². The SMILES string of the molecule is CC(C)(C(=O)c1ccccc1)N1C=CSC1. The highest BCUT2D eigenvalue weighted by molar-refractivity contribution is 8.02. The van der Waals surface area contributed by atoms with E-state index < -0.39 is 5.54 Å². The Morgan fingerprint density at radius 1 is 1.31 bits per heavy atom. The predicted octanol–water partition coefficient (Wildman–Crippen LogP) is 3.13. The van der Waals surface area contributed by atoms with Crippen LogP contribution in [0.15, 0.2) is 41.9 Å². The maximum atomic E-state index is 12.4. The molecule has 0 bridgehead atoms. The third-order valence-corrected chi connectivity index (χ3v) is 3.60. The van der Waals surface area contributed by atoms with E-state index in [0.29, 0.717) is 0 Å². The van der Waals surface area contributed by atoms with Crippen LogP contribution < -0.4 is 0 Å². The quantitative estimate of drug-likeness (QED) is 0.748. The van der Waals surface area contributed by atoms with Gasteiger partial charge in [0.15, 0.2) is 5.78 Å². The third-order valence-electron chi connectivity index (χ3n) is 2.86. The second-order valence-corrected chi connectivity index (χ2v) is 5.17. The minimum atomic E-state index is -0.471. The molecule has 1 aliphatic heterocycles. The van der Waals surface area contributed by atoms with Gasteiger partial charge in [-0.2, -0.15) is 0 Å². The summed E-state index contributed by atoms with van der Waals surface area (Å²) in [5.41, 5.74) is 0.305. The number of Topliss-reactive ketones (excluding diaryl/α,β-unsaturated/α-hetero) is 1. The molecule has 0 saturated carbocycles. The third kappa shape index (κ3) is 2.00. The van der Waals surface area contributed by atoms with Gasteiger partial charge < -0.3 is 4.90 Å². The lowest BCUT2D eigenvalue weighted by atomic mass is 9.92. The molecule has 0 aromatic heterocycles. The number of ketones is 1. The second-order valence-electron chi connectivity index (χ2n) is 4.30. The Labute approximate surface area is 100 Å². The maximum Gasteiger partial charge on any atom is 0.187 e. The zero-order chi connectivity index (χ0) is 11.6. The standard InChI is InChI=1S/C13H15NOS/c1-13(2,14-8-9-16-10-14)12(15)11-6-4-3-5-7-11/h3-9H,10H2,1-2H3. The average Bonchev–Trinajstić information content (AvgIpc) is 2.83. The molecule has 0 N–H and O–H groups in total. The fraction of sp³-hybridized carbons (Fsp3) is 0.308. The second kappa shape index (κ2) is 4.34. The number of carbonyl (C=O) groups is 1. The minimum absolute atomic E-state index is 0.167. The molecule has 84 valence electrons. The average molecular weight is 233 g/mol. The van der Waals surface area contributed by atoms with E-state index in [1.807, 2.05) is 55.8 Å². The highest BCUT2D eigenvalue weighted by Gasteiger charge is 2.34. The van der Waals surface area contributed by atoms with E-state index in [9.17, 15) is 4.79 Å². The Morgan fingerprint density at radius 2 is 2.00 bits per heavy atom. The van der Waals surface area contributed by atoms with Gasteiger partial charge in [0, 0.05) is 11.8 Å². The van der Waals surface area contributed by atoms with Crippen molar-refractivity contribution >= 4 is 17.5 Å². The Morgan fingerprint density at radius 3 is 2.56 bits per heavy atom. The summed E-state index contributed by atoms with van der Waals surface area (Å²) in [7, 11) is 0. The Kier molecular flexibility index (Phi) is 3.06. The van der Waals surface area contributed by atoms with Crippen molar-refractivity contribution in [3.05, 3.63) is 47.5 Å². The lowest BCUT2D eigenvalue weighted by Gasteiger charge is -2.33. The number of benzene rings is 1. The molecule has 1 aliphatic rings. The van der Waals surface area contributed by atoms with E-state index >= 15 is 0 Å². The molecule has 0 radical (unpaired) electrons. The summed E-state index contributed by atoms with van der Waals surface area (Å²) in [6.07, 6.45) is 1.99. The molecule has 0 aliphatic carbocycles. The summed E-state index contributed by atoms with van der Waals surface area (Å²) < 4.78 is 0. The molecule has 1 heterocycles.